The number of alkyl halides is 2. The quantitative estimate of drug-likeness (QED) is 0.746. The normalized spacial score (nSPS) is 11.1. The first kappa shape index (κ1) is 11.6. The van der Waals surface area contributed by atoms with Gasteiger partial charge in [0.05, 0.1) is 12.5 Å². The molecule has 0 unspecified atom stereocenters. The fourth-order valence-corrected chi connectivity index (χ4v) is 1.35. The van der Waals surface area contributed by atoms with Crippen LogP contribution in [0.1, 0.15) is 24.5 Å². The van der Waals surface area contributed by atoms with Crippen LogP contribution in [0.5, 0.6) is 0 Å². The van der Waals surface area contributed by atoms with Gasteiger partial charge in [0, 0.05) is 6.42 Å². The van der Waals surface area contributed by atoms with Gasteiger partial charge in [0.2, 0.25) is 5.92 Å². The Balaban J connectivity index is 2.62. The van der Waals surface area contributed by atoms with Gasteiger partial charge in [-0.15, -0.1) is 0 Å². The van der Waals surface area contributed by atoms with Gasteiger partial charge in [-0.3, -0.25) is 0 Å². The molecular weight excluding hydrogens is 196 g/mol. The summed E-state index contributed by atoms with van der Waals surface area (Å²) in [6, 6.07) is 9.29. The SMILES string of the molecule is CC(F)(F)CCc1cccc(CC#N)c1. The molecule has 0 heterocycles. The highest BCUT2D eigenvalue weighted by Gasteiger charge is 2.20. The summed E-state index contributed by atoms with van der Waals surface area (Å²) in [5.74, 6) is -2.62. The van der Waals surface area contributed by atoms with Crippen LogP contribution < -0.4 is 0 Å². The minimum absolute atomic E-state index is 0.150. The van der Waals surface area contributed by atoms with Gasteiger partial charge in [-0.05, 0) is 24.5 Å². The number of benzene rings is 1. The number of hydrogen-bond donors (Lipinski definition) is 0. The molecule has 0 spiro atoms. The van der Waals surface area contributed by atoms with Crippen LogP contribution in [0.2, 0.25) is 0 Å². The summed E-state index contributed by atoms with van der Waals surface area (Å²) in [5, 5.41) is 8.50. The zero-order valence-corrected chi connectivity index (χ0v) is 8.63. The highest BCUT2D eigenvalue weighted by molar-refractivity contribution is 5.25. The van der Waals surface area contributed by atoms with Crippen molar-refractivity contribution < 1.29 is 8.78 Å². The van der Waals surface area contributed by atoms with E-state index in [1.807, 2.05) is 24.3 Å². The van der Waals surface area contributed by atoms with Crippen molar-refractivity contribution in [2.24, 2.45) is 0 Å². The van der Waals surface area contributed by atoms with E-state index in [0.29, 0.717) is 12.8 Å². The van der Waals surface area contributed by atoms with Gasteiger partial charge in [0.15, 0.2) is 0 Å². The number of nitrogens with zero attached hydrogens (tertiary/aromatic N) is 1. The molecule has 1 aromatic carbocycles. The molecule has 1 aromatic rings. The first-order valence-electron chi connectivity index (χ1n) is 4.84. The van der Waals surface area contributed by atoms with Gasteiger partial charge in [0.25, 0.3) is 0 Å². The molecule has 0 saturated carbocycles. The summed E-state index contributed by atoms with van der Waals surface area (Å²) in [4.78, 5) is 0. The van der Waals surface area contributed by atoms with E-state index in [1.165, 1.54) is 0 Å². The van der Waals surface area contributed by atoms with E-state index in [-0.39, 0.29) is 6.42 Å². The topological polar surface area (TPSA) is 23.8 Å². The Morgan fingerprint density at radius 2 is 2.00 bits per heavy atom. The molecule has 0 N–H and O–H groups in total. The Kier molecular flexibility index (Phi) is 3.79. The minimum atomic E-state index is -2.62. The average Bonchev–Trinajstić information content (AvgIpc) is 2.15. The third kappa shape index (κ3) is 4.55. The van der Waals surface area contributed by atoms with E-state index < -0.39 is 5.92 Å². The predicted octanol–water partition coefficient (Wildman–Crippen LogP) is 3.34. The largest absolute Gasteiger partial charge is 0.245 e. The van der Waals surface area contributed by atoms with Crippen molar-refractivity contribution >= 4 is 0 Å². The van der Waals surface area contributed by atoms with Gasteiger partial charge in [-0.1, -0.05) is 24.3 Å². The molecular formula is C12H13F2N. The Hall–Kier alpha value is -1.43. The number of halogens is 2. The first-order valence-corrected chi connectivity index (χ1v) is 4.84. The van der Waals surface area contributed by atoms with Crippen LogP contribution in [0.15, 0.2) is 24.3 Å². The maximum atomic E-state index is 12.6. The van der Waals surface area contributed by atoms with Gasteiger partial charge in [0.1, 0.15) is 0 Å². The van der Waals surface area contributed by atoms with Gasteiger partial charge in [-0.2, -0.15) is 5.26 Å². The number of rotatable bonds is 4. The zero-order valence-electron chi connectivity index (χ0n) is 8.63. The number of nitriles is 1. The van der Waals surface area contributed by atoms with E-state index in [2.05, 4.69) is 0 Å². The standard InChI is InChI=1S/C12H13F2N/c1-12(13,14)7-5-10-3-2-4-11(9-10)6-8-15/h2-4,9H,5-7H2,1H3. The Bertz CT molecular complexity index is 361. The van der Waals surface area contributed by atoms with Crippen LogP contribution in [-0.4, -0.2) is 5.92 Å². The molecule has 0 radical (unpaired) electrons. The first-order chi connectivity index (χ1) is 7.01. The maximum Gasteiger partial charge on any atom is 0.245 e. The molecule has 80 valence electrons. The summed E-state index contributed by atoms with van der Waals surface area (Å²) < 4.78 is 25.2. The van der Waals surface area contributed by atoms with E-state index in [4.69, 9.17) is 5.26 Å². The molecule has 0 aromatic heterocycles. The molecule has 0 saturated heterocycles. The summed E-state index contributed by atoms with van der Waals surface area (Å²) in [6.07, 6.45) is 0.530. The fraction of sp³-hybridized carbons (Fsp3) is 0.417. The van der Waals surface area contributed by atoms with Crippen LogP contribution >= 0.6 is 0 Å². The molecule has 1 rings (SSSR count). The lowest BCUT2D eigenvalue weighted by atomic mass is 10.0. The van der Waals surface area contributed by atoms with Gasteiger partial charge < -0.3 is 0 Å². The highest BCUT2D eigenvalue weighted by atomic mass is 19.3. The van der Waals surface area contributed by atoms with Crippen LogP contribution in [0, 0.1) is 11.3 Å². The smallest absolute Gasteiger partial charge is 0.207 e. The van der Waals surface area contributed by atoms with Gasteiger partial charge >= 0.3 is 0 Å². The van der Waals surface area contributed by atoms with Crippen molar-refractivity contribution in [3.8, 4) is 6.07 Å². The lowest BCUT2D eigenvalue weighted by molar-refractivity contribution is 0.0133. The summed E-state index contributed by atoms with van der Waals surface area (Å²) in [6.45, 7) is 0.923. The fourth-order valence-electron chi connectivity index (χ4n) is 1.35. The van der Waals surface area contributed by atoms with Crippen molar-refractivity contribution in [2.75, 3.05) is 0 Å². The monoisotopic (exact) mass is 209 g/mol. The highest BCUT2D eigenvalue weighted by Crippen LogP contribution is 2.20. The lowest BCUT2D eigenvalue weighted by Crippen LogP contribution is -2.10. The molecule has 3 heteroatoms. The van der Waals surface area contributed by atoms with Gasteiger partial charge in [-0.25, -0.2) is 8.78 Å². The average molecular weight is 209 g/mol. The molecule has 0 aliphatic rings. The van der Waals surface area contributed by atoms with Crippen molar-refractivity contribution in [1.82, 2.24) is 0 Å². The van der Waals surface area contributed by atoms with Crippen molar-refractivity contribution in [1.29, 1.82) is 5.26 Å². The van der Waals surface area contributed by atoms with E-state index in [0.717, 1.165) is 18.1 Å². The van der Waals surface area contributed by atoms with Crippen molar-refractivity contribution in [2.45, 2.75) is 32.1 Å². The Labute approximate surface area is 88.3 Å². The lowest BCUT2D eigenvalue weighted by Gasteiger charge is -2.09. The second-order valence-corrected chi connectivity index (χ2v) is 3.73. The Morgan fingerprint density at radius 1 is 1.33 bits per heavy atom. The second-order valence-electron chi connectivity index (χ2n) is 3.73. The molecule has 0 aliphatic heterocycles. The summed E-state index contributed by atoms with van der Waals surface area (Å²) in [7, 11) is 0. The molecule has 1 nitrogen and oxygen atoms in total. The molecule has 0 fully saturated rings. The van der Waals surface area contributed by atoms with Crippen LogP contribution in [0.4, 0.5) is 8.78 Å². The zero-order chi connectivity index (χ0) is 11.3. The number of aryl methyl sites for hydroxylation is 1. The predicted molar refractivity (Wildman–Crippen MR) is 54.7 cm³/mol. The van der Waals surface area contributed by atoms with E-state index in [1.54, 1.807) is 6.07 Å². The molecule has 0 aliphatic carbocycles. The minimum Gasteiger partial charge on any atom is -0.207 e. The third-order valence-electron chi connectivity index (χ3n) is 2.13. The molecule has 0 amide bonds. The maximum absolute atomic E-state index is 12.6. The van der Waals surface area contributed by atoms with Crippen molar-refractivity contribution in [3.63, 3.8) is 0 Å². The van der Waals surface area contributed by atoms with E-state index >= 15 is 0 Å². The summed E-state index contributed by atoms with van der Waals surface area (Å²) >= 11 is 0. The Morgan fingerprint density at radius 3 is 2.60 bits per heavy atom. The van der Waals surface area contributed by atoms with Crippen LogP contribution in [0.3, 0.4) is 0 Å². The van der Waals surface area contributed by atoms with Crippen LogP contribution in [-0.2, 0) is 12.8 Å². The summed E-state index contributed by atoms with van der Waals surface area (Å²) in [5.41, 5.74) is 1.75. The van der Waals surface area contributed by atoms with E-state index in [9.17, 15) is 8.78 Å². The molecule has 0 bridgehead atoms. The number of hydrogen-bond acceptors (Lipinski definition) is 1. The van der Waals surface area contributed by atoms with Crippen LogP contribution in [0.25, 0.3) is 0 Å². The molecule has 0 atom stereocenters. The third-order valence-corrected chi connectivity index (χ3v) is 2.13. The second kappa shape index (κ2) is 4.88. The molecule has 15 heavy (non-hydrogen) atoms. The van der Waals surface area contributed by atoms with Crippen molar-refractivity contribution in [3.05, 3.63) is 35.4 Å².